The van der Waals surface area contributed by atoms with Crippen molar-refractivity contribution in [1.29, 1.82) is 0 Å². The maximum atomic E-state index is 13.1. The summed E-state index contributed by atoms with van der Waals surface area (Å²) < 4.78 is 13.6. The molecule has 1 aromatic heterocycles. The molecule has 0 fully saturated rings. The van der Waals surface area contributed by atoms with Gasteiger partial charge in [0.05, 0.1) is 10.5 Å². The zero-order chi connectivity index (χ0) is 12.4. The summed E-state index contributed by atoms with van der Waals surface area (Å²) in [6.45, 7) is 1.98. The van der Waals surface area contributed by atoms with Crippen LogP contribution in [-0.4, -0.2) is 4.98 Å². The van der Waals surface area contributed by atoms with Crippen molar-refractivity contribution in [3.05, 3.63) is 63.6 Å². The Kier molecular flexibility index (Phi) is 3.54. The third-order valence-corrected chi connectivity index (χ3v) is 3.33. The summed E-state index contributed by atoms with van der Waals surface area (Å²) in [4.78, 5) is 4.07. The molecule has 17 heavy (non-hydrogen) atoms. The van der Waals surface area contributed by atoms with Gasteiger partial charge in [-0.15, -0.1) is 0 Å². The third-order valence-electron chi connectivity index (χ3n) is 2.72. The Morgan fingerprint density at radius 3 is 2.76 bits per heavy atom. The maximum Gasteiger partial charge on any atom is 0.137 e. The summed E-state index contributed by atoms with van der Waals surface area (Å²) in [5, 5.41) is 0. The van der Waals surface area contributed by atoms with E-state index in [1.54, 1.807) is 24.5 Å². The van der Waals surface area contributed by atoms with E-state index in [4.69, 9.17) is 5.73 Å². The predicted octanol–water partition coefficient (Wildman–Crippen LogP) is 3.34. The van der Waals surface area contributed by atoms with Crippen LogP contribution in [0.15, 0.2) is 41.1 Å². The van der Waals surface area contributed by atoms with E-state index >= 15 is 0 Å². The fraction of sp³-hybridized carbons (Fsp3) is 0.154. The highest BCUT2D eigenvalue weighted by atomic mass is 79.9. The smallest absolute Gasteiger partial charge is 0.137 e. The number of hydrogen-bond acceptors (Lipinski definition) is 2. The van der Waals surface area contributed by atoms with E-state index in [9.17, 15) is 4.39 Å². The number of halogens is 2. The molecule has 1 aromatic carbocycles. The van der Waals surface area contributed by atoms with Gasteiger partial charge in [0.25, 0.3) is 0 Å². The van der Waals surface area contributed by atoms with Gasteiger partial charge in [-0.2, -0.15) is 0 Å². The highest BCUT2D eigenvalue weighted by Gasteiger charge is 2.12. The number of nitrogens with two attached hydrogens (primary N) is 1. The molecule has 0 radical (unpaired) electrons. The van der Waals surface area contributed by atoms with Gasteiger partial charge in [0.2, 0.25) is 0 Å². The van der Waals surface area contributed by atoms with E-state index in [1.165, 1.54) is 6.07 Å². The zero-order valence-corrected chi connectivity index (χ0v) is 10.9. The van der Waals surface area contributed by atoms with Crippen molar-refractivity contribution >= 4 is 15.9 Å². The van der Waals surface area contributed by atoms with Gasteiger partial charge >= 0.3 is 0 Å². The number of rotatable bonds is 2. The fourth-order valence-corrected chi connectivity index (χ4v) is 2.08. The molecular weight excluding hydrogens is 283 g/mol. The molecule has 0 aliphatic rings. The van der Waals surface area contributed by atoms with Crippen molar-refractivity contribution in [2.75, 3.05) is 0 Å². The minimum atomic E-state index is -0.291. The minimum Gasteiger partial charge on any atom is -0.320 e. The fourth-order valence-electron chi connectivity index (χ4n) is 1.69. The van der Waals surface area contributed by atoms with E-state index in [0.29, 0.717) is 4.47 Å². The number of nitrogens with zero attached hydrogens (tertiary/aromatic N) is 1. The molecule has 0 aliphatic carbocycles. The summed E-state index contributed by atoms with van der Waals surface area (Å²) in [5.41, 5.74) is 9.04. The lowest BCUT2D eigenvalue weighted by Gasteiger charge is -2.15. The Balaban J connectivity index is 2.40. The maximum absolute atomic E-state index is 13.1. The van der Waals surface area contributed by atoms with Crippen molar-refractivity contribution in [3.8, 4) is 0 Å². The van der Waals surface area contributed by atoms with Gasteiger partial charge in [-0.25, -0.2) is 4.39 Å². The van der Waals surface area contributed by atoms with Crippen molar-refractivity contribution in [3.63, 3.8) is 0 Å². The molecule has 1 atom stereocenters. The molecule has 1 heterocycles. The molecule has 2 nitrogen and oxygen atoms in total. The van der Waals surface area contributed by atoms with Gasteiger partial charge in [0.15, 0.2) is 0 Å². The molecule has 0 spiro atoms. The molecule has 0 amide bonds. The van der Waals surface area contributed by atoms with Gasteiger partial charge in [-0.1, -0.05) is 6.07 Å². The van der Waals surface area contributed by atoms with Gasteiger partial charge in [-0.05, 0) is 57.7 Å². The Morgan fingerprint density at radius 1 is 1.35 bits per heavy atom. The first-order chi connectivity index (χ1) is 8.09. The van der Waals surface area contributed by atoms with Crippen LogP contribution in [0.25, 0.3) is 0 Å². The Hall–Kier alpha value is -1.26. The number of pyridine rings is 1. The first kappa shape index (κ1) is 12.2. The van der Waals surface area contributed by atoms with Crippen LogP contribution in [-0.2, 0) is 0 Å². The monoisotopic (exact) mass is 294 g/mol. The minimum absolute atomic E-state index is 0.288. The van der Waals surface area contributed by atoms with Crippen molar-refractivity contribution < 1.29 is 4.39 Å². The van der Waals surface area contributed by atoms with Gasteiger partial charge in [0, 0.05) is 12.4 Å². The SMILES string of the molecule is Cc1ccncc1C(N)c1ccc(F)c(Br)c1. The standard InChI is InChI=1S/C13H12BrFN2/c1-8-4-5-17-7-10(8)13(16)9-2-3-12(15)11(14)6-9/h2-7,13H,16H2,1H3. The molecule has 1 unspecified atom stereocenters. The summed E-state index contributed by atoms with van der Waals surface area (Å²) in [6, 6.07) is 6.42. The number of aryl methyl sites for hydroxylation is 1. The van der Waals surface area contributed by atoms with Crippen molar-refractivity contribution in [2.45, 2.75) is 13.0 Å². The third kappa shape index (κ3) is 2.53. The molecule has 0 aliphatic heterocycles. The first-order valence-electron chi connectivity index (χ1n) is 5.20. The highest BCUT2D eigenvalue weighted by molar-refractivity contribution is 9.10. The molecule has 2 N–H and O–H groups in total. The molecule has 4 heteroatoms. The highest BCUT2D eigenvalue weighted by Crippen LogP contribution is 2.25. The number of aromatic nitrogens is 1. The quantitative estimate of drug-likeness (QED) is 0.923. The van der Waals surface area contributed by atoms with E-state index < -0.39 is 0 Å². The van der Waals surface area contributed by atoms with Crippen LogP contribution >= 0.6 is 15.9 Å². The molecule has 88 valence electrons. The van der Waals surface area contributed by atoms with Crippen LogP contribution in [0.3, 0.4) is 0 Å². The molecule has 0 saturated carbocycles. The van der Waals surface area contributed by atoms with E-state index in [1.807, 2.05) is 13.0 Å². The average Bonchev–Trinajstić information content (AvgIpc) is 2.32. The van der Waals surface area contributed by atoms with Crippen molar-refractivity contribution in [1.82, 2.24) is 4.98 Å². The lowest BCUT2D eigenvalue weighted by molar-refractivity contribution is 0.619. The summed E-state index contributed by atoms with van der Waals surface area (Å²) in [7, 11) is 0. The zero-order valence-electron chi connectivity index (χ0n) is 9.32. The van der Waals surface area contributed by atoms with Crippen LogP contribution < -0.4 is 5.73 Å². The lowest BCUT2D eigenvalue weighted by atomic mass is 9.98. The molecule has 2 aromatic rings. The number of hydrogen-bond donors (Lipinski definition) is 1. The molecule has 2 rings (SSSR count). The molecular formula is C13H12BrFN2. The van der Waals surface area contributed by atoms with E-state index in [2.05, 4.69) is 20.9 Å². The van der Waals surface area contributed by atoms with Crippen molar-refractivity contribution in [2.24, 2.45) is 5.73 Å². The second kappa shape index (κ2) is 4.94. The van der Waals surface area contributed by atoms with Crippen LogP contribution in [0.2, 0.25) is 0 Å². The van der Waals surface area contributed by atoms with Gasteiger partial charge < -0.3 is 5.73 Å². The predicted molar refractivity (Wildman–Crippen MR) is 69.1 cm³/mol. The largest absolute Gasteiger partial charge is 0.320 e. The second-order valence-corrected chi connectivity index (χ2v) is 4.74. The van der Waals surface area contributed by atoms with E-state index in [-0.39, 0.29) is 11.9 Å². The van der Waals surface area contributed by atoms with Crippen LogP contribution in [0, 0.1) is 12.7 Å². The summed E-state index contributed by atoms with van der Waals surface area (Å²) in [5.74, 6) is -0.288. The second-order valence-electron chi connectivity index (χ2n) is 3.88. The van der Waals surface area contributed by atoms with Crippen LogP contribution in [0.4, 0.5) is 4.39 Å². The molecule has 0 bridgehead atoms. The molecule has 0 saturated heterocycles. The van der Waals surface area contributed by atoms with Crippen LogP contribution in [0.1, 0.15) is 22.7 Å². The first-order valence-corrected chi connectivity index (χ1v) is 6.00. The Bertz CT molecular complexity index is 543. The van der Waals surface area contributed by atoms with Gasteiger partial charge in [-0.3, -0.25) is 4.98 Å². The average molecular weight is 295 g/mol. The topological polar surface area (TPSA) is 38.9 Å². The van der Waals surface area contributed by atoms with E-state index in [0.717, 1.165) is 16.7 Å². The normalized spacial score (nSPS) is 12.5. The lowest BCUT2D eigenvalue weighted by Crippen LogP contribution is -2.13. The summed E-state index contributed by atoms with van der Waals surface area (Å²) >= 11 is 3.16. The van der Waals surface area contributed by atoms with Gasteiger partial charge in [0.1, 0.15) is 5.82 Å². The Morgan fingerprint density at radius 2 is 2.12 bits per heavy atom. The Labute approximate surface area is 108 Å². The number of benzene rings is 1. The summed E-state index contributed by atoms with van der Waals surface area (Å²) in [6.07, 6.45) is 3.48. The van der Waals surface area contributed by atoms with Crippen LogP contribution in [0.5, 0.6) is 0 Å².